The summed E-state index contributed by atoms with van der Waals surface area (Å²) in [5.74, 6) is 3.44. The number of hydrogen-bond donors (Lipinski definition) is 2. The number of amides is 2. The minimum atomic E-state index is -0.166. The van der Waals surface area contributed by atoms with Gasteiger partial charge in [0.05, 0.1) is 14.2 Å². The van der Waals surface area contributed by atoms with Crippen molar-refractivity contribution < 1.29 is 14.3 Å². The van der Waals surface area contributed by atoms with Crippen molar-refractivity contribution in [3.63, 3.8) is 0 Å². The van der Waals surface area contributed by atoms with Crippen molar-refractivity contribution in [1.29, 1.82) is 0 Å². The molecule has 1 fully saturated rings. The molecule has 1 saturated heterocycles. The molecular formula is C23H27N7O3. The number of piperazine rings is 1. The standard InChI is InChI=1S/C23H27N7O3/c1-16-4-5-24-20(10-16)28-21-14-22(26-15-25-21)29-6-8-30(9-7-29)23(31)27-17-11-18(32-2)13-19(12-17)33-3/h4-5,10-15H,6-9H2,1-3H3,(H,27,31)(H,24,25,26,28). The van der Waals surface area contributed by atoms with Crippen LogP contribution in [0.2, 0.25) is 0 Å². The van der Waals surface area contributed by atoms with E-state index < -0.39 is 0 Å². The average molecular weight is 450 g/mol. The third kappa shape index (κ3) is 5.59. The van der Waals surface area contributed by atoms with Gasteiger partial charge in [-0.15, -0.1) is 0 Å². The average Bonchev–Trinajstić information content (AvgIpc) is 2.84. The van der Waals surface area contributed by atoms with E-state index >= 15 is 0 Å². The molecule has 10 heteroatoms. The van der Waals surface area contributed by atoms with E-state index in [0.717, 1.165) is 17.2 Å². The number of carbonyl (C=O) groups is 1. The van der Waals surface area contributed by atoms with E-state index in [1.807, 2.05) is 25.1 Å². The van der Waals surface area contributed by atoms with Crippen molar-refractivity contribution in [2.45, 2.75) is 6.92 Å². The molecule has 172 valence electrons. The fourth-order valence-electron chi connectivity index (χ4n) is 3.54. The number of hydrogen-bond acceptors (Lipinski definition) is 8. The van der Waals surface area contributed by atoms with Crippen LogP contribution in [0.15, 0.2) is 48.9 Å². The monoisotopic (exact) mass is 449 g/mol. The number of aromatic nitrogens is 3. The summed E-state index contributed by atoms with van der Waals surface area (Å²) in [7, 11) is 3.15. The molecular weight excluding hydrogens is 422 g/mol. The molecule has 2 amide bonds. The summed E-state index contributed by atoms with van der Waals surface area (Å²) in [6, 6.07) is 10.9. The SMILES string of the molecule is COc1cc(NC(=O)N2CCN(c3cc(Nc4cc(C)ccn4)ncn3)CC2)cc(OC)c1. The molecule has 3 aromatic rings. The highest BCUT2D eigenvalue weighted by molar-refractivity contribution is 5.90. The van der Waals surface area contributed by atoms with E-state index in [2.05, 4.69) is 30.5 Å². The van der Waals surface area contributed by atoms with E-state index in [4.69, 9.17) is 9.47 Å². The van der Waals surface area contributed by atoms with E-state index in [-0.39, 0.29) is 6.03 Å². The molecule has 0 saturated carbocycles. The molecule has 33 heavy (non-hydrogen) atoms. The number of benzene rings is 1. The largest absolute Gasteiger partial charge is 0.497 e. The molecule has 10 nitrogen and oxygen atoms in total. The first-order chi connectivity index (χ1) is 16.0. The summed E-state index contributed by atoms with van der Waals surface area (Å²) in [4.78, 5) is 29.7. The van der Waals surface area contributed by atoms with Crippen LogP contribution in [0, 0.1) is 6.92 Å². The van der Waals surface area contributed by atoms with Gasteiger partial charge in [0.1, 0.15) is 35.3 Å². The summed E-state index contributed by atoms with van der Waals surface area (Å²) in [6.07, 6.45) is 3.29. The molecule has 0 radical (unpaired) electrons. The van der Waals surface area contributed by atoms with Crippen molar-refractivity contribution in [1.82, 2.24) is 19.9 Å². The zero-order chi connectivity index (χ0) is 23.2. The second-order valence-electron chi connectivity index (χ2n) is 7.61. The first-order valence-corrected chi connectivity index (χ1v) is 10.6. The molecule has 2 N–H and O–H groups in total. The molecule has 1 aliphatic heterocycles. The van der Waals surface area contributed by atoms with Crippen LogP contribution in [0.4, 0.5) is 27.9 Å². The van der Waals surface area contributed by atoms with Crippen molar-refractivity contribution >= 4 is 29.2 Å². The van der Waals surface area contributed by atoms with Crippen LogP contribution in [0.25, 0.3) is 0 Å². The summed E-state index contributed by atoms with van der Waals surface area (Å²) >= 11 is 0. The first kappa shape index (κ1) is 22.1. The van der Waals surface area contributed by atoms with Gasteiger partial charge in [-0.3, -0.25) is 0 Å². The predicted molar refractivity (Wildman–Crippen MR) is 127 cm³/mol. The number of carbonyl (C=O) groups excluding carboxylic acids is 1. The normalized spacial score (nSPS) is 13.4. The molecule has 0 unspecified atom stereocenters. The van der Waals surface area contributed by atoms with E-state index in [1.54, 1.807) is 43.5 Å². The van der Waals surface area contributed by atoms with Gasteiger partial charge in [0, 0.05) is 62.3 Å². The Morgan fingerprint density at radius 3 is 2.27 bits per heavy atom. The van der Waals surface area contributed by atoms with Gasteiger partial charge < -0.3 is 29.9 Å². The number of nitrogens with one attached hydrogen (secondary N) is 2. The lowest BCUT2D eigenvalue weighted by atomic mass is 10.2. The first-order valence-electron chi connectivity index (χ1n) is 10.6. The van der Waals surface area contributed by atoms with Crippen molar-refractivity contribution in [3.05, 3.63) is 54.5 Å². The third-order valence-electron chi connectivity index (χ3n) is 5.32. The highest BCUT2D eigenvalue weighted by Gasteiger charge is 2.22. The summed E-state index contributed by atoms with van der Waals surface area (Å²) < 4.78 is 10.5. The van der Waals surface area contributed by atoms with Crippen LogP contribution in [-0.2, 0) is 0 Å². The van der Waals surface area contributed by atoms with Crippen LogP contribution in [0.1, 0.15) is 5.56 Å². The number of nitrogens with zero attached hydrogens (tertiary/aromatic N) is 5. The van der Waals surface area contributed by atoms with Crippen LogP contribution in [-0.4, -0.2) is 66.3 Å². The second-order valence-corrected chi connectivity index (χ2v) is 7.61. The third-order valence-corrected chi connectivity index (χ3v) is 5.32. The highest BCUT2D eigenvalue weighted by Crippen LogP contribution is 2.26. The summed E-state index contributed by atoms with van der Waals surface area (Å²) in [5, 5.41) is 6.14. The molecule has 4 rings (SSSR count). The van der Waals surface area contributed by atoms with Gasteiger partial charge in [0.15, 0.2) is 0 Å². The number of rotatable bonds is 6. The van der Waals surface area contributed by atoms with Gasteiger partial charge in [0.2, 0.25) is 0 Å². The fourth-order valence-corrected chi connectivity index (χ4v) is 3.54. The number of pyridine rings is 1. The van der Waals surface area contributed by atoms with Crippen LogP contribution in [0.5, 0.6) is 11.5 Å². The molecule has 1 aliphatic rings. The van der Waals surface area contributed by atoms with Crippen LogP contribution >= 0.6 is 0 Å². The Balaban J connectivity index is 1.35. The van der Waals surface area contributed by atoms with E-state index in [9.17, 15) is 4.79 Å². The molecule has 3 heterocycles. The minimum absolute atomic E-state index is 0.166. The van der Waals surface area contributed by atoms with Crippen LogP contribution < -0.4 is 25.0 Å². The van der Waals surface area contributed by atoms with E-state index in [0.29, 0.717) is 49.2 Å². The van der Waals surface area contributed by atoms with Crippen molar-refractivity contribution in [2.24, 2.45) is 0 Å². The fraction of sp³-hybridized carbons (Fsp3) is 0.304. The zero-order valence-corrected chi connectivity index (χ0v) is 18.9. The van der Waals surface area contributed by atoms with Gasteiger partial charge in [0.25, 0.3) is 0 Å². The van der Waals surface area contributed by atoms with Crippen molar-refractivity contribution in [3.8, 4) is 11.5 Å². The maximum atomic E-state index is 12.8. The molecule has 0 spiro atoms. The van der Waals surface area contributed by atoms with Crippen LogP contribution in [0.3, 0.4) is 0 Å². The zero-order valence-electron chi connectivity index (χ0n) is 18.9. The lowest BCUT2D eigenvalue weighted by Gasteiger charge is -2.35. The lowest BCUT2D eigenvalue weighted by molar-refractivity contribution is 0.208. The molecule has 0 aliphatic carbocycles. The second kappa shape index (κ2) is 10.0. The van der Waals surface area contributed by atoms with Gasteiger partial charge in [-0.25, -0.2) is 19.7 Å². The Labute approximate surface area is 192 Å². The number of methoxy groups -OCH3 is 2. The summed E-state index contributed by atoms with van der Waals surface area (Å²) in [6.45, 7) is 4.47. The van der Waals surface area contributed by atoms with Gasteiger partial charge in [-0.2, -0.15) is 0 Å². The van der Waals surface area contributed by atoms with Gasteiger partial charge >= 0.3 is 6.03 Å². The van der Waals surface area contributed by atoms with Gasteiger partial charge in [-0.05, 0) is 24.6 Å². The maximum absolute atomic E-state index is 12.8. The number of urea groups is 1. The topological polar surface area (TPSA) is 105 Å². The predicted octanol–water partition coefficient (Wildman–Crippen LogP) is 3.29. The molecule has 0 atom stereocenters. The molecule has 0 bridgehead atoms. The smallest absolute Gasteiger partial charge is 0.321 e. The lowest BCUT2D eigenvalue weighted by Crippen LogP contribution is -2.50. The molecule has 1 aromatic carbocycles. The Bertz CT molecular complexity index is 1090. The highest BCUT2D eigenvalue weighted by atomic mass is 16.5. The van der Waals surface area contributed by atoms with Crippen molar-refractivity contribution in [2.75, 3.05) is 55.9 Å². The number of ether oxygens (including phenoxy) is 2. The number of aryl methyl sites for hydroxylation is 1. The van der Waals surface area contributed by atoms with Gasteiger partial charge in [-0.1, -0.05) is 0 Å². The van der Waals surface area contributed by atoms with E-state index in [1.165, 1.54) is 6.33 Å². The Morgan fingerprint density at radius 1 is 0.909 bits per heavy atom. The Morgan fingerprint density at radius 2 is 1.61 bits per heavy atom. The number of anilines is 4. The Hall–Kier alpha value is -4.08. The minimum Gasteiger partial charge on any atom is -0.497 e. The maximum Gasteiger partial charge on any atom is 0.321 e. The quantitative estimate of drug-likeness (QED) is 0.591. The summed E-state index contributed by atoms with van der Waals surface area (Å²) in [5.41, 5.74) is 1.73. The molecule has 2 aromatic heterocycles. The Kier molecular flexibility index (Phi) is 6.72.